The lowest BCUT2D eigenvalue weighted by molar-refractivity contribution is -0.144. The van der Waals surface area contributed by atoms with Gasteiger partial charge in [0.15, 0.2) is 0 Å². The van der Waals surface area contributed by atoms with Crippen LogP contribution in [0.2, 0.25) is 0 Å². The van der Waals surface area contributed by atoms with Crippen molar-refractivity contribution in [1.82, 2.24) is 10.2 Å². The average Bonchev–Trinajstić information content (AvgIpc) is 2.83. The van der Waals surface area contributed by atoms with E-state index in [4.69, 9.17) is 18.9 Å². The molecule has 1 aliphatic heterocycles. The zero-order valence-corrected chi connectivity index (χ0v) is 19.5. The molecule has 0 saturated carbocycles. The minimum atomic E-state index is -0.802. The van der Waals surface area contributed by atoms with Gasteiger partial charge in [-0.25, -0.2) is 9.59 Å². The number of amides is 1. The highest BCUT2D eigenvalue weighted by Gasteiger charge is 2.20. The summed E-state index contributed by atoms with van der Waals surface area (Å²) in [5, 5.41) is 0.848. The molecule has 1 atom stereocenters. The summed E-state index contributed by atoms with van der Waals surface area (Å²) in [6.07, 6.45) is 1.65. The van der Waals surface area contributed by atoms with Gasteiger partial charge in [-0.15, -0.1) is 0 Å². The van der Waals surface area contributed by atoms with Crippen molar-refractivity contribution in [3.05, 3.63) is 35.9 Å². The smallest absolute Gasteiger partial charge is 0.370 e. The van der Waals surface area contributed by atoms with Crippen LogP contribution < -0.4 is 5.32 Å². The van der Waals surface area contributed by atoms with E-state index in [1.807, 2.05) is 0 Å². The van der Waals surface area contributed by atoms with Crippen LogP contribution >= 0.6 is 11.8 Å². The van der Waals surface area contributed by atoms with Gasteiger partial charge in [-0.3, -0.25) is 14.5 Å². The fourth-order valence-electron chi connectivity index (χ4n) is 2.82. The molecule has 0 spiro atoms. The number of benzene rings is 1. The summed E-state index contributed by atoms with van der Waals surface area (Å²) in [6.45, 7) is 5.24. The molecule has 182 valence electrons. The summed E-state index contributed by atoms with van der Waals surface area (Å²) in [7, 11) is 0. The van der Waals surface area contributed by atoms with Crippen molar-refractivity contribution < 1.29 is 38.1 Å². The Morgan fingerprint density at radius 1 is 1.06 bits per heavy atom. The molecule has 0 bridgehead atoms. The van der Waals surface area contributed by atoms with E-state index in [0.717, 1.165) is 45.7 Å². The van der Waals surface area contributed by atoms with E-state index in [9.17, 15) is 19.2 Å². The number of esters is 2. The molecule has 1 heterocycles. The third-order valence-electron chi connectivity index (χ3n) is 4.66. The molecule has 1 saturated heterocycles. The zero-order chi connectivity index (χ0) is 23.9. The Balaban J connectivity index is 1.50. The first-order valence-corrected chi connectivity index (χ1v) is 11.6. The monoisotopic (exact) mass is 482 g/mol. The normalized spacial score (nSPS) is 14.7. The topological polar surface area (TPSA) is 120 Å². The minimum Gasteiger partial charge on any atom is -0.464 e. The predicted octanol–water partition coefficient (Wildman–Crippen LogP) is 1.83. The van der Waals surface area contributed by atoms with Crippen molar-refractivity contribution in [2.24, 2.45) is 0 Å². The quantitative estimate of drug-likeness (QED) is 0.268. The van der Waals surface area contributed by atoms with Gasteiger partial charge in [0.2, 0.25) is 12.7 Å². The van der Waals surface area contributed by atoms with Crippen molar-refractivity contribution in [3.63, 3.8) is 0 Å². The lowest BCUT2D eigenvalue weighted by atomic mass is 10.2. The van der Waals surface area contributed by atoms with Gasteiger partial charge in [-0.2, -0.15) is 0 Å². The summed E-state index contributed by atoms with van der Waals surface area (Å²) in [5.74, 6) is -1.68. The first-order chi connectivity index (χ1) is 16.0. The molecule has 1 aromatic carbocycles. The maximum atomic E-state index is 12.1. The first-order valence-electron chi connectivity index (χ1n) is 10.7. The second-order valence-corrected chi connectivity index (χ2v) is 8.45. The van der Waals surface area contributed by atoms with Gasteiger partial charge in [0.25, 0.3) is 0 Å². The van der Waals surface area contributed by atoms with Crippen molar-refractivity contribution >= 4 is 34.9 Å². The molecule has 1 fully saturated rings. The maximum absolute atomic E-state index is 12.1. The molecular formula is C22H30N2O8S. The van der Waals surface area contributed by atoms with E-state index in [-0.39, 0.29) is 13.2 Å². The van der Waals surface area contributed by atoms with E-state index in [2.05, 4.69) is 10.2 Å². The van der Waals surface area contributed by atoms with E-state index >= 15 is 0 Å². The van der Waals surface area contributed by atoms with Gasteiger partial charge in [0.05, 0.1) is 30.6 Å². The Hall–Kier alpha value is -2.63. The molecule has 1 unspecified atom stereocenters. The average molecular weight is 483 g/mol. The number of morpholine rings is 1. The molecule has 10 nitrogen and oxygen atoms in total. The molecule has 2 rings (SSSR count). The molecule has 11 heteroatoms. The number of hydrogen-bond acceptors (Lipinski definition) is 10. The number of hydrogen-bond donors (Lipinski definition) is 1. The molecular weight excluding hydrogens is 452 g/mol. The molecule has 1 aromatic rings. The Morgan fingerprint density at radius 3 is 2.52 bits per heavy atom. The molecule has 1 aliphatic rings. The van der Waals surface area contributed by atoms with Gasteiger partial charge >= 0.3 is 17.2 Å². The van der Waals surface area contributed by atoms with Crippen LogP contribution in [0.15, 0.2) is 30.3 Å². The molecule has 0 aliphatic carbocycles. The number of nitrogens with one attached hydrogen (secondary N) is 1. The number of carbonyl (C=O) groups excluding carboxylic acids is 4. The van der Waals surface area contributed by atoms with Crippen LogP contribution in [0.4, 0.5) is 4.79 Å². The van der Waals surface area contributed by atoms with E-state index in [0.29, 0.717) is 17.3 Å². The van der Waals surface area contributed by atoms with Crippen LogP contribution in [0.25, 0.3) is 0 Å². The number of carbonyl (C=O) groups is 4. The third-order valence-corrected chi connectivity index (χ3v) is 5.54. The van der Waals surface area contributed by atoms with Gasteiger partial charge in [-0.1, -0.05) is 18.2 Å². The number of nitrogens with zero attached hydrogens (tertiary/aromatic N) is 1. The Bertz CT molecular complexity index is 771. The number of thioether (sulfide) groups is 1. The summed E-state index contributed by atoms with van der Waals surface area (Å²) in [5.41, 5.74) is 0.331. The van der Waals surface area contributed by atoms with Crippen LogP contribution in [0, 0.1) is 0 Å². The second-order valence-electron chi connectivity index (χ2n) is 7.17. The maximum Gasteiger partial charge on any atom is 0.370 e. The third kappa shape index (κ3) is 11.2. The van der Waals surface area contributed by atoms with E-state index in [1.54, 1.807) is 30.3 Å². The minimum absolute atomic E-state index is 0.281. The lowest BCUT2D eigenvalue weighted by Gasteiger charge is -2.26. The van der Waals surface area contributed by atoms with Crippen LogP contribution in [-0.2, 0) is 28.5 Å². The van der Waals surface area contributed by atoms with Gasteiger partial charge in [0.1, 0.15) is 6.54 Å². The van der Waals surface area contributed by atoms with E-state index < -0.39 is 35.2 Å². The van der Waals surface area contributed by atoms with Crippen LogP contribution in [0.1, 0.15) is 30.1 Å². The summed E-state index contributed by atoms with van der Waals surface area (Å²) >= 11 is 0.615. The summed E-state index contributed by atoms with van der Waals surface area (Å²) in [6, 6.07) is 8.26. The lowest BCUT2D eigenvalue weighted by Crippen LogP contribution is -2.37. The number of ether oxygens (including phenoxy) is 4. The summed E-state index contributed by atoms with van der Waals surface area (Å²) in [4.78, 5) is 49.7. The zero-order valence-electron chi connectivity index (χ0n) is 18.7. The predicted molar refractivity (Wildman–Crippen MR) is 121 cm³/mol. The molecule has 0 aromatic heterocycles. The van der Waals surface area contributed by atoms with Crippen LogP contribution in [0.3, 0.4) is 0 Å². The Kier molecular flexibility index (Phi) is 12.3. The van der Waals surface area contributed by atoms with Gasteiger partial charge < -0.3 is 24.3 Å². The van der Waals surface area contributed by atoms with Crippen molar-refractivity contribution in [1.29, 1.82) is 0 Å². The highest BCUT2D eigenvalue weighted by Crippen LogP contribution is 2.14. The molecule has 0 radical (unpaired) electrons. The molecule has 1 amide bonds. The number of unbranched alkanes of at least 4 members (excludes halogenated alkanes) is 1. The largest absolute Gasteiger partial charge is 0.464 e. The number of rotatable bonds is 12. The fraction of sp³-hybridized carbons (Fsp3) is 0.545. The van der Waals surface area contributed by atoms with Gasteiger partial charge in [-0.05, 0) is 50.2 Å². The van der Waals surface area contributed by atoms with Crippen molar-refractivity contribution in [2.75, 3.05) is 52.8 Å². The van der Waals surface area contributed by atoms with Gasteiger partial charge in [0, 0.05) is 13.1 Å². The Labute approximate surface area is 197 Å². The molecule has 33 heavy (non-hydrogen) atoms. The van der Waals surface area contributed by atoms with E-state index in [1.165, 1.54) is 6.92 Å². The highest BCUT2D eigenvalue weighted by molar-refractivity contribution is 8.14. The fourth-order valence-corrected chi connectivity index (χ4v) is 3.42. The van der Waals surface area contributed by atoms with Crippen LogP contribution in [-0.4, -0.2) is 86.1 Å². The first kappa shape index (κ1) is 26.6. The Morgan fingerprint density at radius 2 is 1.79 bits per heavy atom. The SMILES string of the molecule is CC(SC(=O)OCOC(=O)c1ccccc1)C(=O)NCC(=O)OCCCCN1CCOCC1. The van der Waals surface area contributed by atoms with Crippen molar-refractivity contribution in [2.45, 2.75) is 25.0 Å². The standard InChI is InChI=1S/C22H30N2O8S/c1-17(33-22(28)32-16-31-21(27)18-7-3-2-4-8-18)20(26)23-15-19(25)30-12-6-5-9-24-10-13-29-14-11-24/h2-4,7-8,17H,5-6,9-16H2,1H3,(H,23,26). The summed E-state index contributed by atoms with van der Waals surface area (Å²) < 4.78 is 20.0. The molecule has 1 N–H and O–H groups in total. The highest BCUT2D eigenvalue weighted by atomic mass is 32.2. The van der Waals surface area contributed by atoms with Crippen molar-refractivity contribution in [3.8, 4) is 0 Å². The van der Waals surface area contributed by atoms with Crippen LogP contribution in [0.5, 0.6) is 0 Å². The second kappa shape index (κ2) is 15.3.